The molecule has 0 saturated heterocycles. The lowest BCUT2D eigenvalue weighted by atomic mass is 9.87. The van der Waals surface area contributed by atoms with Gasteiger partial charge >= 0.3 is 5.97 Å². The summed E-state index contributed by atoms with van der Waals surface area (Å²) in [6, 6.07) is 10.3. The van der Waals surface area contributed by atoms with Crippen LogP contribution in [0.3, 0.4) is 0 Å². The van der Waals surface area contributed by atoms with Gasteiger partial charge in [0.05, 0.1) is 5.56 Å². The molecule has 2 aromatic rings. The first-order valence-electron chi connectivity index (χ1n) is 6.66. The lowest BCUT2D eigenvalue weighted by molar-refractivity contribution is -0.145. The van der Waals surface area contributed by atoms with Crippen molar-refractivity contribution in [3.63, 3.8) is 0 Å². The summed E-state index contributed by atoms with van der Waals surface area (Å²) >= 11 is 0. The van der Waals surface area contributed by atoms with E-state index in [0.29, 0.717) is 16.9 Å². The standard InChI is InChI=1S/C16H17NO4/c1-3-16(15(19)20,13-7-5-4-6-8-13)17-14(18)12-9-11(2)21-10-12/h4-10H,3H2,1-2H3,(H,17,18)(H,19,20)/t16-/m0/s1. The highest BCUT2D eigenvalue weighted by atomic mass is 16.4. The van der Waals surface area contributed by atoms with E-state index in [2.05, 4.69) is 5.32 Å². The molecule has 0 spiro atoms. The van der Waals surface area contributed by atoms with Crippen LogP contribution >= 0.6 is 0 Å². The van der Waals surface area contributed by atoms with Gasteiger partial charge in [-0.1, -0.05) is 37.3 Å². The van der Waals surface area contributed by atoms with E-state index in [1.54, 1.807) is 50.2 Å². The quantitative estimate of drug-likeness (QED) is 0.886. The maximum absolute atomic E-state index is 12.3. The van der Waals surface area contributed by atoms with Crippen LogP contribution in [0.15, 0.2) is 47.1 Å². The highest BCUT2D eigenvalue weighted by Gasteiger charge is 2.40. The summed E-state index contributed by atoms with van der Waals surface area (Å²) in [5.74, 6) is -0.970. The summed E-state index contributed by atoms with van der Waals surface area (Å²) in [7, 11) is 0. The number of hydrogen-bond donors (Lipinski definition) is 2. The minimum atomic E-state index is -1.45. The number of aliphatic carboxylic acids is 1. The zero-order valence-electron chi connectivity index (χ0n) is 11.9. The summed E-state index contributed by atoms with van der Waals surface area (Å²) in [4.78, 5) is 24.1. The molecule has 0 saturated carbocycles. The van der Waals surface area contributed by atoms with Crippen molar-refractivity contribution in [2.45, 2.75) is 25.8 Å². The Kier molecular flexibility index (Phi) is 4.12. The number of carbonyl (C=O) groups is 2. The van der Waals surface area contributed by atoms with Crippen molar-refractivity contribution in [1.29, 1.82) is 0 Å². The molecular formula is C16H17NO4. The molecule has 0 aliphatic rings. The van der Waals surface area contributed by atoms with Crippen LogP contribution in [0.4, 0.5) is 0 Å². The van der Waals surface area contributed by atoms with E-state index in [9.17, 15) is 14.7 Å². The van der Waals surface area contributed by atoms with Crippen LogP contribution in [0.1, 0.15) is 35.0 Å². The van der Waals surface area contributed by atoms with E-state index in [1.807, 2.05) is 0 Å². The predicted molar refractivity (Wildman–Crippen MR) is 77.0 cm³/mol. The Bertz CT molecular complexity index is 647. The lowest BCUT2D eigenvalue weighted by Gasteiger charge is -2.29. The van der Waals surface area contributed by atoms with Crippen LogP contribution in [-0.2, 0) is 10.3 Å². The minimum Gasteiger partial charge on any atom is -0.479 e. The number of furan rings is 1. The van der Waals surface area contributed by atoms with Gasteiger partial charge in [0.1, 0.15) is 12.0 Å². The predicted octanol–water partition coefficient (Wildman–Crippen LogP) is 2.71. The van der Waals surface area contributed by atoms with Gasteiger partial charge in [0.2, 0.25) is 0 Å². The van der Waals surface area contributed by atoms with Crippen molar-refractivity contribution in [3.8, 4) is 0 Å². The number of carbonyl (C=O) groups excluding carboxylic acids is 1. The molecular weight excluding hydrogens is 270 g/mol. The third-order valence-corrected chi connectivity index (χ3v) is 3.48. The second-order valence-corrected chi connectivity index (χ2v) is 4.83. The number of nitrogens with one attached hydrogen (secondary N) is 1. The average Bonchev–Trinajstić information content (AvgIpc) is 2.92. The number of hydrogen-bond acceptors (Lipinski definition) is 3. The first-order chi connectivity index (χ1) is 9.99. The molecule has 5 nitrogen and oxygen atoms in total. The van der Waals surface area contributed by atoms with Crippen LogP contribution in [0.5, 0.6) is 0 Å². The van der Waals surface area contributed by atoms with Crippen molar-refractivity contribution >= 4 is 11.9 Å². The number of carboxylic acids is 1. The molecule has 1 amide bonds. The SMILES string of the molecule is CC[C@@](NC(=O)c1coc(C)c1)(C(=O)O)c1ccccc1. The average molecular weight is 287 g/mol. The monoisotopic (exact) mass is 287 g/mol. The number of carboxylic acid groups (broad SMARTS) is 1. The molecule has 0 radical (unpaired) electrons. The Balaban J connectivity index is 2.38. The minimum absolute atomic E-state index is 0.231. The molecule has 2 rings (SSSR count). The Labute approximate surface area is 122 Å². The molecule has 2 N–H and O–H groups in total. The van der Waals surface area contributed by atoms with Gasteiger partial charge < -0.3 is 14.8 Å². The fourth-order valence-corrected chi connectivity index (χ4v) is 2.24. The third-order valence-electron chi connectivity index (χ3n) is 3.48. The van der Waals surface area contributed by atoms with E-state index >= 15 is 0 Å². The van der Waals surface area contributed by atoms with Crippen molar-refractivity contribution in [1.82, 2.24) is 5.32 Å². The van der Waals surface area contributed by atoms with Crippen LogP contribution < -0.4 is 5.32 Å². The maximum Gasteiger partial charge on any atom is 0.334 e. The summed E-state index contributed by atoms with van der Waals surface area (Å²) < 4.78 is 5.09. The Morgan fingerprint density at radius 1 is 1.29 bits per heavy atom. The zero-order valence-corrected chi connectivity index (χ0v) is 11.9. The van der Waals surface area contributed by atoms with E-state index in [1.165, 1.54) is 6.26 Å². The second kappa shape index (κ2) is 5.83. The van der Waals surface area contributed by atoms with Gasteiger partial charge in [-0.2, -0.15) is 0 Å². The van der Waals surface area contributed by atoms with Gasteiger partial charge in [-0.25, -0.2) is 4.79 Å². The van der Waals surface area contributed by atoms with E-state index in [4.69, 9.17) is 4.42 Å². The molecule has 1 atom stereocenters. The third kappa shape index (κ3) is 2.81. The first kappa shape index (κ1) is 14.8. The number of rotatable bonds is 5. The molecule has 0 unspecified atom stereocenters. The van der Waals surface area contributed by atoms with Gasteiger partial charge in [-0.3, -0.25) is 4.79 Å². The lowest BCUT2D eigenvalue weighted by Crippen LogP contribution is -2.51. The molecule has 5 heteroatoms. The summed E-state index contributed by atoms with van der Waals surface area (Å²) in [5.41, 5.74) is -0.611. The van der Waals surface area contributed by atoms with E-state index < -0.39 is 17.4 Å². The normalized spacial score (nSPS) is 13.4. The van der Waals surface area contributed by atoms with Crippen molar-refractivity contribution in [3.05, 3.63) is 59.5 Å². The smallest absolute Gasteiger partial charge is 0.334 e. The molecule has 21 heavy (non-hydrogen) atoms. The van der Waals surface area contributed by atoms with Gasteiger partial charge in [-0.05, 0) is 25.0 Å². The van der Waals surface area contributed by atoms with Crippen LogP contribution in [-0.4, -0.2) is 17.0 Å². The Hall–Kier alpha value is -2.56. The molecule has 0 aliphatic carbocycles. The van der Waals surface area contributed by atoms with Crippen LogP contribution in [0.2, 0.25) is 0 Å². The highest BCUT2D eigenvalue weighted by molar-refractivity contribution is 5.98. The fourth-order valence-electron chi connectivity index (χ4n) is 2.24. The largest absolute Gasteiger partial charge is 0.479 e. The first-order valence-corrected chi connectivity index (χ1v) is 6.66. The molecule has 0 aliphatic heterocycles. The van der Waals surface area contributed by atoms with Crippen molar-refractivity contribution in [2.24, 2.45) is 0 Å². The summed E-state index contributed by atoms with van der Waals surface area (Å²) in [6.07, 6.45) is 1.55. The number of benzene rings is 1. The topological polar surface area (TPSA) is 79.5 Å². The van der Waals surface area contributed by atoms with E-state index in [0.717, 1.165) is 0 Å². The Morgan fingerprint density at radius 3 is 2.43 bits per heavy atom. The zero-order chi connectivity index (χ0) is 15.5. The second-order valence-electron chi connectivity index (χ2n) is 4.83. The van der Waals surface area contributed by atoms with E-state index in [-0.39, 0.29) is 6.42 Å². The van der Waals surface area contributed by atoms with Crippen molar-refractivity contribution < 1.29 is 19.1 Å². The highest BCUT2D eigenvalue weighted by Crippen LogP contribution is 2.26. The summed E-state index contributed by atoms with van der Waals surface area (Å²) in [6.45, 7) is 3.44. The van der Waals surface area contributed by atoms with Gasteiger partial charge in [0.15, 0.2) is 5.54 Å². The van der Waals surface area contributed by atoms with Gasteiger partial charge in [0.25, 0.3) is 5.91 Å². The molecule has 0 bridgehead atoms. The molecule has 1 aromatic heterocycles. The molecule has 1 heterocycles. The van der Waals surface area contributed by atoms with Crippen LogP contribution in [0, 0.1) is 6.92 Å². The van der Waals surface area contributed by atoms with Crippen molar-refractivity contribution in [2.75, 3.05) is 0 Å². The summed E-state index contributed by atoms with van der Waals surface area (Å²) in [5, 5.41) is 12.3. The number of aryl methyl sites for hydroxylation is 1. The molecule has 1 aromatic carbocycles. The van der Waals surface area contributed by atoms with Crippen LogP contribution in [0.25, 0.3) is 0 Å². The molecule has 110 valence electrons. The van der Waals surface area contributed by atoms with Gasteiger partial charge in [0, 0.05) is 0 Å². The number of amides is 1. The molecule has 0 fully saturated rings. The van der Waals surface area contributed by atoms with Gasteiger partial charge in [-0.15, -0.1) is 0 Å². The fraction of sp³-hybridized carbons (Fsp3) is 0.250. The maximum atomic E-state index is 12.3. The Morgan fingerprint density at radius 2 is 1.95 bits per heavy atom.